The normalized spacial score (nSPS) is 19.6. The molecule has 0 bridgehead atoms. The predicted molar refractivity (Wildman–Crippen MR) is 64.8 cm³/mol. The minimum absolute atomic E-state index is 0.188. The maximum atomic E-state index is 12.1. The summed E-state index contributed by atoms with van der Waals surface area (Å²) in [6.45, 7) is 0.375. The van der Waals surface area contributed by atoms with Crippen LogP contribution in [0.4, 0.5) is 0 Å². The van der Waals surface area contributed by atoms with E-state index in [9.17, 15) is 14.4 Å². The minimum Gasteiger partial charge on any atom is -0.480 e. The van der Waals surface area contributed by atoms with Crippen molar-refractivity contribution in [1.29, 1.82) is 0 Å². The van der Waals surface area contributed by atoms with Gasteiger partial charge in [-0.25, -0.2) is 9.59 Å². The number of carbonyl (C=O) groups excluding carboxylic acids is 1. The number of carboxylic acids is 1. The Bertz CT molecular complexity index is 506. The molecule has 1 aromatic heterocycles. The van der Waals surface area contributed by atoms with Gasteiger partial charge in [0.1, 0.15) is 12.3 Å². The lowest BCUT2D eigenvalue weighted by Crippen LogP contribution is -2.50. The Labute approximate surface area is 107 Å². The molecule has 18 heavy (non-hydrogen) atoms. The second-order valence-electron chi connectivity index (χ2n) is 3.77. The first-order chi connectivity index (χ1) is 8.59. The van der Waals surface area contributed by atoms with Crippen LogP contribution in [0.2, 0.25) is 0 Å². The average molecular weight is 269 g/mol. The molecule has 7 heteroatoms. The van der Waals surface area contributed by atoms with Crippen LogP contribution in [-0.2, 0) is 4.79 Å². The second-order valence-corrected chi connectivity index (χ2v) is 4.92. The summed E-state index contributed by atoms with van der Waals surface area (Å²) >= 11 is 1.50. The number of amides is 1. The Morgan fingerprint density at radius 2 is 2.22 bits per heavy atom. The third-order valence-corrected chi connectivity index (χ3v) is 3.65. The highest BCUT2D eigenvalue weighted by Crippen LogP contribution is 2.19. The Morgan fingerprint density at radius 1 is 1.44 bits per heavy atom. The summed E-state index contributed by atoms with van der Waals surface area (Å²) in [5.74, 6) is -0.371. The molecule has 1 aliphatic rings. The lowest BCUT2D eigenvalue weighted by atomic mass is 10.2. The fourth-order valence-electron chi connectivity index (χ4n) is 1.70. The lowest BCUT2D eigenvalue weighted by Gasteiger charge is -2.32. The number of aliphatic carboxylic acids is 1. The maximum Gasteiger partial charge on any atom is 0.335 e. The zero-order chi connectivity index (χ0) is 13.1. The fourth-order valence-corrected chi connectivity index (χ4v) is 2.74. The summed E-state index contributed by atoms with van der Waals surface area (Å²) in [6.07, 6.45) is 1.06. The molecule has 0 aromatic carbocycles. The number of carboxylic acid groups (broad SMARTS) is 1. The van der Waals surface area contributed by atoms with Crippen molar-refractivity contribution in [1.82, 2.24) is 4.90 Å². The molecule has 2 heterocycles. The molecule has 0 radical (unpaired) electrons. The van der Waals surface area contributed by atoms with Crippen molar-refractivity contribution in [2.45, 2.75) is 6.04 Å². The van der Waals surface area contributed by atoms with Gasteiger partial charge in [-0.3, -0.25) is 4.79 Å². The molecule has 1 saturated heterocycles. The second kappa shape index (κ2) is 5.26. The fraction of sp³-hybridized carbons (Fsp3) is 0.364. The van der Waals surface area contributed by atoms with E-state index in [1.165, 1.54) is 22.7 Å². The van der Waals surface area contributed by atoms with E-state index in [0.29, 0.717) is 18.1 Å². The molecule has 0 saturated carbocycles. The highest BCUT2D eigenvalue weighted by atomic mass is 32.2. The number of hydrogen-bond donors (Lipinski definition) is 1. The van der Waals surface area contributed by atoms with E-state index in [-0.39, 0.29) is 5.56 Å². The van der Waals surface area contributed by atoms with Gasteiger partial charge in [0, 0.05) is 24.1 Å². The summed E-state index contributed by atoms with van der Waals surface area (Å²) < 4.78 is 4.61. The summed E-state index contributed by atoms with van der Waals surface area (Å²) in [7, 11) is 0. The van der Waals surface area contributed by atoms with Crippen molar-refractivity contribution in [2.75, 3.05) is 18.1 Å². The first kappa shape index (κ1) is 12.7. The van der Waals surface area contributed by atoms with Crippen LogP contribution in [0.15, 0.2) is 27.6 Å². The van der Waals surface area contributed by atoms with Crippen LogP contribution in [0.25, 0.3) is 0 Å². The smallest absolute Gasteiger partial charge is 0.335 e. The Kier molecular flexibility index (Phi) is 3.71. The predicted octanol–water partition coefficient (Wildman–Crippen LogP) is 0.282. The van der Waals surface area contributed by atoms with E-state index in [1.807, 2.05) is 0 Å². The molecule has 1 unspecified atom stereocenters. The number of hydrogen-bond acceptors (Lipinski definition) is 5. The van der Waals surface area contributed by atoms with Crippen LogP contribution in [-0.4, -0.2) is 46.0 Å². The molecule has 96 valence electrons. The van der Waals surface area contributed by atoms with Crippen molar-refractivity contribution in [3.8, 4) is 0 Å². The Balaban J connectivity index is 2.23. The van der Waals surface area contributed by atoms with Gasteiger partial charge in [-0.15, -0.1) is 0 Å². The van der Waals surface area contributed by atoms with Crippen LogP contribution in [0.5, 0.6) is 0 Å². The average Bonchev–Trinajstić information content (AvgIpc) is 2.39. The van der Waals surface area contributed by atoms with Gasteiger partial charge in [0.05, 0.1) is 5.56 Å². The van der Waals surface area contributed by atoms with Gasteiger partial charge in [0.15, 0.2) is 0 Å². The maximum absolute atomic E-state index is 12.1. The standard InChI is InChI=1S/C11H11NO5S/c13-9-2-1-7(5-17-9)10(14)12-3-4-18-6-8(12)11(15)16/h1-2,5,8H,3-4,6H2,(H,15,16). The first-order valence-electron chi connectivity index (χ1n) is 5.30. The van der Waals surface area contributed by atoms with E-state index >= 15 is 0 Å². The summed E-state index contributed by atoms with van der Waals surface area (Å²) in [5.41, 5.74) is -0.358. The number of nitrogens with zero attached hydrogens (tertiary/aromatic N) is 1. The summed E-state index contributed by atoms with van der Waals surface area (Å²) in [6, 6.07) is 1.65. The zero-order valence-corrected chi connectivity index (χ0v) is 10.2. The van der Waals surface area contributed by atoms with Gasteiger partial charge in [-0.1, -0.05) is 0 Å². The molecular formula is C11H11NO5S. The summed E-state index contributed by atoms with van der Waals surface area (Å²) in [4.78, 5) is 35.3. The van der Waals surface area contributed by atoms with Gasteiger partial charge in [0.2, 0.25) is 0 Å². The van der Waals surface area contributed by atoms with Crippen molar-refractivity contribution in [2.24, 2.45) is 0 Å². The summed E-state index contributed by atoms with van der Waals surface area (Å²) in [5, 5.41) is 9.07. The SMILES string of the molecule is O=C(O)C1CSCCN1C(=O)c1ccc(=O)oc1. The quantitative estimate of drug-likeness (QED) is 0.829. The Morgan fingerprint density at radius 3 is 2.83 bits per heavy atom. The van der Waals surface area contributed by atoms with Crippen molar-refractivity contribution in [3.63, 3.8) is 0 Å². The van der Waals surface area contributed by atoms with E-state index in [4.69, 9.17) is 5.11 Å². The van der Waals surface area contributed by atoms with Gasteiger partial charge in [-0.2, -0.15) is 11.8 Å². The van der Waals surface area contributed by atoms with Crippen molar-refractivity contribution < 1.29 is 19.1 Å². The van der Waals surface area contributed by atoms with Crippen LogP contribution in [0, 0.1) is 0 Å². The lowest BCUT2D eigenvalue weighted by molar-refractivity contribution is -0.141. The largest absolute Gasteiger partial charge is 0.480 e. The van der Waals surface area contributed by atoms with Gasteiger partial charge >= 0.3 is 11.6 Å². The molecule has 2 rings (SSSR count). The molecule has 1 amide bonds. The van der Waals surface area contributed by atoms with Crippen LogP contribution < -0.4 is 5.63 Å². The van der Waals surface area contributed by atoms with Gasteiger partial charge < -0.3 is 14.4 Å². The molecular weight excluding hydrogens is 258 g/mol. The molecule has 1 N–H and O–H groups in total. The number of carbonyl (C=O) groups is 2. The molecule has 1 aromatic rings. The number of thioether (sulfide) groups is 1. The monoisotopic (exact) mass is 269 g/mol. The highest BCUT2D eigenvalue weighted by molar-refractivity contribution is 7.99. The molecule has 1 fully saturated rings. The van der Waals surface area contributed by atoms with Gasteiger partial charge in [-0.05, 0) is 6.07 Å². The third kappa shape index (κ3) is 2.56. The van der Waals surface area contributed by atoms with Crippen molar-refractivity contribution in [3.05, 3.63) is 34.4 Å². The van der Waals surface area contributed by atoms with E-state index in [1.54, 1.807) is 0 Å². The van der Waals surface area contributed by atoms with Crippen LogP contribution in [0.1, 0.15) is 10.4 Å². The van der Waals surface area contributed by atoms with Crippen LogP contribution in [0.3, 0.4) is 0 Å². The molecule has 1 aliphatic heterocycles. The minimum atomic E-state index is -1.02. The zero-order valence-electron chi connectivity index (χ0n) is 9.37. The van der Waals surface area contributed by atoms with Crippen molar-refractivity contribution >= 4 is 23.6 Å². The van der Waals surface area contributed by atoms with E-state index in [0.717, 1.165) is 12.3 Å². The van der Waals surface area contributed by atoms with E-state index < -0.39 is 23.5 Å². The topological polar surface area (TPSA) is 87.8 Å². The molecule has 6 nitrogen and oxygen atoms in total. The third-order valence-electron chi connectivity index (χ3n) is 2.62. The molecule has 0 spiro atoms. The van der Waals surface area contributed by atoms with E-state index in [2.05, 4.69) is 4.42 Å². The molecule has 1 atom stereocenters. The molecule has 0 aliphatic carbocycles. The number of rotatable bonds is 2. The Hall–Kier alpha value is -1.76. The highest BCUT2D eigenvalue weighted by Gasteiger charge is 2.33. The van der Waals surface area contributed by atoms with Crippen LogP contribution >= 0.6 is 11.8 Å². The van der Waals surface area contributed by atoms with Gasteiger partial charge in [0.25, 0.3) is 5.91 Å². The first-order valence-corrected chi connectivity index (χ1v) is 6.45.